The summed E-state index contributed by atoms with van der Waals surface area (Å²) in [4.78, 5) is 14.5. The number of benzene rings is 1. The highest BCUT2D eigenvalue weighted by Gasteiger charge is 2.25. The van der Waals surface area contributed by atoms with E-state index < -0.39 is 0 Å². The molecular formula is C21H24N4O2. The van der Waals surface area contributed by atoms with Crippen LogP contribution in [-0.2, 0) is 13.1 Å². The number of hydrogen-bond donors (Lipinski definition) is 1. The molecule has 0 unspecified atom stereocenters. The molecule has 6 heteroatoms. The third-order valence-electron chi connectivity index (χ3n) is 5.12. The minimum absolute atomic E-state index is 0.173. The smallest absolute Gasteiger partial charge is 0.286 e. The van der Waals surface area contributed by atoms with Crippen LogP contribution in [0.25, 0.3) is 0 Å². The number of nitrogens with one attached hydrogen (secondary N) is 1. The number of rotatable bonds is 6. The van der Waals surface area contributed by atoms with Crippen LogP contribution in [0.5, 0.6) is 0 Å². The number of amides is 1. The predicted octanol–water partition coefficient (Wildman–Crippen LogP) is 3.16. The number of carbonyl (C=O) groups is 1. The first-order chi connectivity index (χ1) is 13.2. The van der Waals surface area contributed by atoms with Crippen molar-refractivity contribution in [2.75, 3.05) is 13.1 Å². The first kappa shape index (κ1) is 17.5. The molecule has 0 saturated carbocycles. The standard InChI is InChI=1S/C21H24N4O2/c1-16-5-2-3-6-17(16)13-24-14-18(25-19(15-24)9-11-23-25)8-10-22-21(26)20-7-4-12-27-20/h2-7,9,11-12,18H,8,10,13-15H2,1H3,(H,22,26)/t18-/m0/s1. The molecule has 3 aromatic rings. The summed E-state index contributed by atoms with van der Waals surface area (Å²) < 4.78 is 7.24. The van der Waals surface area contributed by atoms with Crippen LogP contribution in [0, 0.1) is 6.92 Å². The summed E-state index contributed by atoms with van der Waals surface area (Å²) in [6.07, 6.45) is 4.20. The van der Waals surface area contributed by atoms with Crippen LogP contribution in [0.3, 0.4) is 0 Å². The van der Waals surface area contributed by atoms with Gasteiger partial charge in [-0.25, -0.2) is 0 Å². The Kier molecular flexibility index (Phi) is 5.07. The van der Waals surface area contributed by atoms with Gasteiger partial charge in [0.15, 0.2) is 5.76 Å². The van der Waals surface area contributed by atoms with Crippen LogP contribution in [0.15, 0.2) is 59.3 Å². The van der Waals surface area contributed by atoms with E-state index in [0.717, 1.165) is 26.1 Å². The van der Waals surface area contributed by atoms with Gasteiger partial charge in [0, 0.05) is 32.4 Å². The van der Waals surface area contributed by atoms with Crippen LogP contribution in [0.1, 0.15) is 39.8 Å². The van der Waals surface area contributed by atoms with Gasteiger partial charge < -0.3 is 9.73 Å². The highest BCUT2D eigenvalue weighted by atomic mass is 16.3. The molecule has 0 aliphatic carbocycles. The van der Waals surface area contributed by atoms with E-state index in [-0.39, 0.29) is 11.9 Å². The van der Waals surface area contributed by atoms with Gasteiger partial charge in [0.2, 0.25) is 0 Å². The van der Waals surface area contributed by atoms with Gasteiger partial charge in [-0.05, 0) is 42.7 Å². The monoisotopic (exact) mass is 364 g/mol. The molecule has 0 spiro atoms. The molecule has 1 aliphatic rings. The molecule has 1 aromatic carbocycles. The highest BCUT2D eigenvalue weighted by molar-refractivity contribution is 5.91. The Morgan fingerprint density at radius 1 is 1.26 bits per heavy atom. The van der Waals surface area contributed by atoms with Gasteiger partial charge in [0.1, 0.15) is 0 Å². The minimum atomic E-state index is -0.173. The molecule has 3 heterocycles. The van der Waals surface area contributed by atoms with E-state index in [1.54, 1.807) is 12.1 Å². The molecule has 4 rings (SSSR count). The van der Waals surface area contributed by atoms with Crippen LogP contribution in [0.4, 0.5) is 0 Å². The average Bonchev–Trinajstić information content (AvgIpc) is 3.35. The minimum Gasteiger partial charge on any atom is -0.459 e. The molecule has 27 heavy (non-hydrogen) atoms. The molecule has 140 valence electrons. The second-order valence-electron chi connectivity index (χ2n) is 7.04. The fraction of sp³-hybridized carbons (Fsp3) is 0.333. The number of fused-ring (bicyclic) bond motifs is 1. The van der Waals surface area contributed by atoms with Crippen molar-refractivity contribution in [2.45, 2.75) is 32.5 Å². The Morgan fingerprint density at radius 2 is 2.15 bits per heavy atom. The largest absolute Gasteiger partial charge is 0.459 e. The lowest BCUT2D eigenvalue weighted by Crippen LogP contribution is -2.39. The summed E-state index contributed by atoms with van der Waals surface area (Å²) in [5, 5.41) is 7.44. The molecule has 1 N–H and O–H groups in total. The van der Waals surface area contributed by atoms with Gasteiger partial charge >= 0.3 is 0 Å². The van der Waals surface area contributed by atoms with Gasteiger partial charge in [-0.1, -0.05) is 24.3 Å². The molecule has 6 nitrogen and oxygen atoms in total. The Labute approximate surface area is 158 Å². The lowest BCUT2D eigenvalue weighted by molar-refractivity contribution is 0.0919. The van der Waals surface area contributed by atoms with Gasteiger partial charge in [-0.2, -0.15) is 5.10 Å². The van der Waals surface area contributed by atoms with E-state index in [4.69, 9.17) is 4.42 Å². The summed E-state index contributed by atoms with van der Waals surface area (Å²) in [6.45, 7) is 5.48. The van der Waals surface area contributed by atoms with Gasteiger partial charge in [0.05, 0.1) is 18.0 Å². The van der Waals surface area contributed by atoms with E-state index in [0.29, 0.717) is 12.3 Å². The third kappa shape index (κ3) is 3.95. The van der Waals surface area contributed by atoms with E-state index >= 15 is 0 Å². The Bertz CT molecular complexity index is 901. The molecule has 2 aromatic heterocycles. The molecule has 1 amide bonds. The summed E-state index contributed by atoms with van der Waals surface area (Å²) in [7, 11) is 0. The normalized spacial score (nSPS) is 16.9. The molecule has 0 saturated heterocycles. The molecular weight excluding hydrogens is 340 g/mol. The number of aromatic nitrogens is 2. The quantitative estimate of drug-likeness (QED) is 0.730. The van der Waals surface area contributed by atoms with Crippen LogP contribution in [-0.4, -0.2) is 33.7 Å². The Morgan fingerprint density at radius 3 is 2.96 bits per heavy atom. The maximum atomic E-state index is 12.0. The van der Waals surface area contributed by atoms with E-state index in [9.17, 15) is 4.79 Å². The van der Waals surface area contributed by atoms with Crippen molar-refractivity contribution in [3.63, 3.8) is 0 Å². The summed E-state index contributed by atoms with van der Waals surface area (Å²) in [5.74, 6) is 0.174. The maximum absolute atomic E-state index is 12.0. The van der Waals surface area contributed by atoms with Gasteiger partial charge in [0.25, 0.3) is 5.91 Å². The van der Waals surface area contributed by atoms with Crippen molar-refractivity contribution >= 4 is 5.91 Å². The SMILES string of the molecule is Cc1ccccc1CN1Cc2ccnn2[C@@H](CCNC(=O)c2ccco2)C1. The van der Waals surface area contributed by atoms with Crippen molar-refractivity contribution in [3.8, 4) is 0 Å². The molecule has 0 fully saturated rings. The van der Waals surface area contributed by atoms with Crippen molar-refractivity contribution in [1.82, 2.24) is 20.0 Å². The lowest BCUT2D eigenvalue weighted by Gasteiger charge is -2.34. The molecule has 1 aliphatic heterocycles. The summed E-state index contributed by atoms with van der Waals surface area (Å²) in [5.41, 5.74) is 3.89. The third-order valence-corrected chi connectivity index (χ3v) is 5.12. The number of furan rings is 1. The number of hydrogen-bond acceptors (Lipinski definition) is 4. The fourth-order valence-electron chi connectivity index (χ4n) is 3.67. The molecule has 1 atom stereocenters. The number of nitrogens with zero attached hydrogens (tertiary/aromatic N) is 3. The van der Waals surface area contributed by atoms with Crippen LogP contribution < -0.4 is 5.32 Å². The molecule has 0 radical (unpaired) electrons. The topological polar surface area (TPSA) is 63.3 Å². The highest BCUT2D eigenvalue weighted by Crippen LogP contribution is 2.24. The van der Waals surface area contributed by atoms with Crippen LogP contribution >= 0.6 is 0 Å². The Hall–Kier alpha value is -2.86. The van der Waals surface area contributed by atoms with Crippen molar-refractivity contribution in [3.05, 3.63) is 77.5 Å². The van der Waals surface area contributed by atoms with Crippen molar-refractivity contribution in [1.29, 1.82) is 0 Å². The van der Waals surface area contributed by atoms with E-state index in [1.165, 1.54) is 23.1 Å². The first-order valence-corrected chi connectivity index (χ1v) is 9.31. The molecule has 0 bridgehead atoms. The lowest BCUT2D eigenvalue weighted by atomic mass is 10.1. The van der Waals surface area contributed by atoms with Gasteiger partial charge in [-0.3, -0.25) is 14.4 Å². The second-order valence-corrected chi connectivity index (χ2v) is 7.04. The summed E-state index contributed by atoms with van der Waals surface area (Å²) in [6, 6.07) is 14.2. The Balaban J connectivity index is 1.39. The number of aryl methyl sites for hydroxylation is 1. The summed E-state index contributed by atoms with van der Waals surface area (Å²) >= 11 is 0. The maximum Gasteiger partial charge on any atom is 0.286 e. The van der Waals surface area contributed by atoms with Crippen LogP contribution in [0.2, 0.25) is 0 Å². The number of carbonyl (C=O) groups excluding carboxylic acids is 1. The first-order valence-electron chi connectivity index (χ1n) is 9.31. The second kappa shape index (κ2) is 7.80. The zero-order valence-electron chi connectivity index (χ0n) is 15.5. The zero-order valence-corrected chi connectivity index (χ0v) is 15.5. The predicted molar refractivity (Wildman–Crippen MR) is 102 cm³/mol. The zero-order chi connectivity index (χ0) is 18.6. The fourth-order valence-corrected chi connectivity index (χ4v) is 3.67. The van der Waals surface area contributed by atoms with E-state index in [1.807, 2.05) is 6.20 Å². The van der Waals surface area contributed by atoms with Gasteiger partial charge in [-0.15, -0.1) is 0 Å². The van der Waals surface area contributed by atoms with Crippen molar-refractivity contribution in [2.24, 2.45) is 0 Å². The van der Waals surface area contributed by atoms with E-state index in [2.05, 4.69) is 57.3 Å². The van der Waals surface area contributed by atoms with Crippen molar-refractivity contribution < 1.29 is 9.21 Å². The average molecular weight is 364 g/mol.